The number of nitrogens with one attached hydrogen (secondary N) is 1. The summed E-state index contributed by atoms with van der Waals surface area (Å²) in [6.45, 7) is 3.30. The van der Waals surface area contributed by atoms with Gasteiger partial charge in [-0.2, -0.15) is 0 Å². The number of rotatable bonds is 4. The molecule has 6 nitrogen and oxygen atoms in total. The molecule has 3 rings (SSSR count). The Hall–Kier alpha value is -2.08. The molecule has 1 aromatic carbocycles. The van der Waals surface area contributed by atoms with Crippen LogP contribution in [0.5, 0.6) is 11.5 Å². The van der Waals surface area contributed by atoms with E-state index in [1.54, 1.807) is 32.2 Å². The highest BCUT2D eigenvalue weighted by atomic mass is 16.7. The molecule has 2 heterocycles. The minimum Gasteiger partial charge on any atom is -0.454 e. The molecular weight excluding hydrogens is 272 g/mol. The molecule has 1 atom stereocenters. The van der Waals surface area contributed by atoms with Crippen molar-refractivity contribution in [1.82, 2.24) is 10.2 Å². The maximum absolute atomic E-state index is 12.5. The fraction of sp³-hybridized carbons (Fsp3) is 0.467. The van der Waals surface area contributed by atoms with Crippen molar-refractivity contribution in [1.29, 1.82) is 0 Å². The number of amides is 1. The number of nitrogens with zero attached hydrogens (tertiary/aromatic N) is 1. The van der Waals surface area contributed by atoms with Crippen molar-refractivity contribution >= 4 is 11.7 Å². The molecule has 1 saturated heterocycles. The predicted molar refractivity (Wildman–Crippen MR) is 75.5 cm³/mol. The lowest BCUT2D eigenvalue weighted by Gasteiger charge is -2.33. The van der Waals surface area contributed by atoms with Crippen LogP contribution in [0.2, 0.25) is 0 Å². The van der Waals surface area contributed by atoms with Crippen molar-refractivity contribution in [3.63, 3.8) is 0 Å². The third-order valence-corrected chi connectivity index (χ3v) is 4.10. The minimum atomic E-state index is -0.501. The van der Waals surface area contributed by atoms with E-state index in [1.807, 2.05) is 0 Å². The summed E-state index contributed by atoms with van der Waals surface area (Å²) in [5.41, 5.74) is 0.526. The van der Waals surface area contributed by atoms with E-state index < -0.39 is 6.04 Å². The lowest BCUT2D eigenvalue weighted by molar-refractivity contribution is -0.136. The number of carbonyl (C=O) groups excluding carboxylic acids is 2. The van der Waals surface area contributed by atoms with Crippen LogP contribution in [0.4, 0.5) is 0 Å². The highest BCUT2D eigenvalue weighted by Crippen LogP contribution is 2.33. The lowest BCUT2D eigenvalue weighted by atomic mass is 9.99. The molecule has 1 amide bonds. The van der Waals surface area contributed by atoms with E-state index in [-0.39, 0.29) is 24.4 Å². The van der Waals surface area contributed by atoms with Gasteiger partial charge in [-0.15, -0.1) is 0 Å². The van der Waals surface area contributed by atoms with Gasteiger partial charge in [0.2, 0.25) is 12.7 Å². The van der Waals surface area contributed by atoms with Crippen molar-refractivity contribution in [3.05, 3.63) is 23.8 Å². The van der Waals surface area contributed by atoms with Crippen LogP contribution in [0.25, 0.3) is 0 Å². The third kappa shape index (κ3) is 2.47. The van der Waals surface area contributed by atoms with Gasteiger partial charge in [0, 0.05) is 25.7 Å². The Balaban J connectivity index is 1.73. The van der Waals surface area contributed by atoms with E-state index in [2.05, 4.69) is 5.32 Å². The number of Topliss-reactive ketones (excluding diaryl/α,β-unsaturated/α-hetero) is 1. The van der Waals surface area contributed by atoms with Gasteiger partial charge in [-0.05, 0) is 25.1 Å². The van der Waals surface area contributed by atoms with E-state index in [0.29, 0.717) is 30.2 Å². The number of likely N-dealkylation sites (N-methyl/N-ethyl adjacent to an activating group) is 1. The first kappa shape index (κ1) is 13.9. The Morgan fingerprint density at radius 1 is 1.29 bits per heavy atom. The van der Waals surface area contributed by atoms with Crippen molar-refractivity contribution < 1.29 is 19.1 Å². The number of ketones is 1. The molecule has 2 aliphatic rings. The van der Waals surface area contributed by atoms with Crippen LogP contribution in [-0.4, -0.2) is 49.6 Å². The van der Waals surface area contributed by atoms with Gasteiger partial charge >= 0.3 is 0 Å². The highest BCUT2D eigenvalue weighted by Gasteiger charge is 2.32. The summed E-state index contributed by atoms with van der Waals surface area (Å²) in [6, 6.07) is 4.60. The van der Waals surface area contributed by atoms with Crippen LogP contribution in [0.1, 0.15) is 17.3 Å². The molecule has 112 valence electrons. The van der Waals surface area contributed by atoms with Gasteiger partial charge in [0.15, 0.2) is 17.3 Å². The summed E-state index contributed by atoms with van der Waals surface area (Å²) < 4.78 is 10.5. The van der Waals surface area contributed by atoms with Gasteiger partial charge < -0.3 is 19.7 Å². The Bertz CT molecular complexity index is 583. The van der Waals surface area contributed by atoms with E-state index in [4.69, 9.17) is 9.47 Å². The topological polar surface area (TPSA) is 67.9 Å². The Morgan fingerprint density at radius 3 is 2.67 bits per heavy atom. The Kier molecular flexibility index (Phi) is 3.55. The standard InChI is InChI=1S/C15H18N2O4/c1-9(17(2)15(19)11-6-16-7-11)14(18)10-3-4-12-13(5-10)21-8-20-12/h3-5,9,11,16H,6-8H2,1-2H3/t9-/m0/s1. The second-order valence-electron chi connectivity index (χ2n) is 5.41. The third-order valence-electron chi connectivity index (χ3n) is 4.10. The molecule has 1 aromatic rings. The number of carbonyl (C=O) groups is 2. The first-order valence-electron chi connectivity index (χ1n) is 6.99. The molecule has 0 bridgehead atoms. The van der Waals surface area contributed by atoms with Crippen LogP contribution in [-0.2, 0) is 4.79 Å². The maximum atomic E-state index is 12.5. The number of fused-ring (bicyclic) bond motifs is 1. The first-order valence-corrected chi connectivity index (χ1v) is 6.99. The van der Waals surface area contributed by atoms with Gasteiger partial charge in [-0.3, -0.25) is 9.59 Å². The molecule has 0 aromatic heterocycles. The van der Waals surface area contributed by atoms with Crippen molar-refractivity contribution in [2.45, 2.75) is 13.0 Å². The normalized spacial score (nSPS) is 18.0. The molecule has 0 aliphatic carbocycles. The van der Waals surface area contributed by atoms with Gasteiger partial charge in [-0.1, -0.05) is 0 Å². The SMILES string of the molecule is C[C@@H](C(=O)c1ccc2c(c1)OCO2)N(C)C(=O)C1CNC1. The second kappa shape index (κ2) is 5.37. The predicted octanol–water partition coefficient (Wildman–Crippen LogP) is 0.664. The fourth-order valence-electron chi connectivity index (χ4n) is 2.41. The zero-order valence-corrected chi connectivity index (χ0v) is 12.1. The van der Waals surface area contributed by atoms with Crippen molar-refractivity contribution in [3.8, 4) is 11.5 Å². The molecule has 0 unspecified atom stereocenters. The smallest absolute Gasteiger partial charge is 0.231 e. The van der Waals surface area contributed by atoms with Crippen LogP contribution in [0.15, 0.2) is 18.2 Å². The van der Waals surface area contributed by atoms with Gasteiger partial charge in [-0.25, -0.2) is 0 Å². The molecule has 0 spiro atoms. The quantitative estimate of drug-likeness (QED) is 0.825. The zero-order valence-electron chi connectivity index (χ0n) is 12.1. The van der Waals surface area contributed by atoms with Crippen LogP contribution >= 0.6 is 0 Å². The van der Waals surface area contributed by atoms with Crippen molar-refractivity contribution in [2.75, 3.05) is 26.9 Å². The molecule has 1 N–H and O–H groups in total. The summed E-state index contributed by atoms with van der Waals surface area (Å²) in [5.74, 6) is 1.11. The van der Waals surface area contributed by atoms with Gasteiger partial charge in [0.25, 0.3) is 0 Å². The first-order chi connectivity index (χ1) is 10.1. The zero-order chi connectivity index (χ0) is 15.0. The van der Waals surface area contributed by atoms with Gasteiger partial charge in [0.05, 0.1) is 12.0 Å². The lowest BCUT2D eigenvalue weighted by Crippen LogP contribution is -2.54. The van der Waals surface area contributed by atoms with E-state index in [9.17, 15) is 9.59 Å². The molecule has 1 fully saturated rings. The Morgan fingerprint density at radius 2 is 2.00 bits per heavy atom. The van der Waals surface area contributed by atoms with Crippen molar-refractivity contribution in [2.24, 2.45) is 5.92 Å². The van der Waals surface area contributed by atoms with E-state index >= 15 is 0 Å². The number of ether oxygens (including phenoxy) is 2. The molecule has 0 radical (unpaired) electrons. The summed E-state index contributed by atoms with van der Waals surface area (Å²) in [7, 11) is 1.68. The molecule has 6 heteroatoms. The number of hydrogen-bond donors (Lipinski definition) is 1. The minimum absolute atomic E-state index is 0.00958. The summed E-state index contributed by atoms with van der Waals surface area (Å²) in [5, 5.41) is 3.06. The van der Waals surface area contributed by atoms with Crippen LogP contribution in [0, 0.1) is 5.92 Å². The molecule has 21 heavy (non-hydrogen) atoms. The largest absolute Gasteiger partial charge is 0.454 e. The van der Waals surface area contributed by atoms with Gasteiger partial charge in [0.1, 0.15) is 0 Å². The van der Waals surface area contributed by atoms with Crippen LogP contribution in [0.3, 0.4) is 0 Å². The fourth-order valence-corrected chi connectivity index (χ4v) is 2.41. The van der Waals surface area contributed by atoms with E-state index in [1.165, 1.54) is 4.90 Å². The maximum Gasteiger partial charge on any atom is 0.231 e. The molecular formula is C15H18N2O4. The van der Waals surface area contributed by atoms with Crippen LogP contribution < -0.4 is 14.8 Å². The van der Waals surface area contributed by atoms with E-state index in [0.717, 1.165) is 0 Å². The second-order valence-corrected chi connectivity index (χ2v) is 5.41. The molecule has 0 saturated carbocycles. The average molecular weight is 290 g/mol. The monoisotopic (exact) mass is 290 g/mol. The Labute approximate surface area is 123 Å². The summed E-state index contributed by atoms with van der Waals surface area (Å²) in [4.78, 5) is 26.2. The molecule has 2 aliphatic heterocycles. The number of hydrogen-bond acceptors (Lipinski definition) is 5. The average Bonchev–Trinajstić information content (AvgIpc) is 2.90. The summed E-state index contributed by atoms with van der Waals surface area (Å²) >= 11 is 0. The number of benzene rings is 1. The highest BCUT2D eigenvalue weighted by molar-refractivity contribution is 6.02. The summed E-state index contributed by atoms with van der Waals surface area (Å²) in [6.07, 6.45) is 0.